The summed E-state index contributed by atoms with van der Waals surface area (Å²) in [6.45, 7) is 0. The highest BCUT2D eigenvalue weighted by atomic mass is 79.9. The van der Waals surface area contributed by atoms with Gasteiger partial charge in [0.2, 0.25) is 0 Å². The molecule has 0 spiro atoms. The number of H-pyrrole nitrogens is 1. The van der Waals surface area contributed by atoms with Crippen LogP contribution in [0, 0.1) is 0 Å². The van der Waals surface area contributed by atoms with Crippen molar-refractivity contribution in [2.24, 2.45) is 0 Å². The van der Waals surface area contributed by atoms with Gasteiger partial charge in [0.05, 0.1) is 10.0 Å². The molecule has 1 heterocycles. The minimum atomic E-state index is 0.565. The molecule has 0 amide bonds. The van der Waals surface area contributed by atoms with E-state index >= 15 is 0 Å². The molecular formula is C11H9BrCl2N2. The summed E-state index contributed by atoms with van der Waals surface area (Å²) < 4.78 is 0.980. The standard InChI is InChI=1S/C11H9BrCl2N2/c12-8-6-10(14)9(13)5-7(8)1-2-11-15-3-4-16-11/h3-6H,1-2H2,(H,15,16). The predicted octanol–water partition coefficient (Wildman–Crippen LogP) is 4.26. The van der Waals surface area contributed by atoms with Crippen LogP contribution in [0.4, 0.5) is 0 Å². The van der Waals surface area contributed by atoms with E-state index in [4.69, 9.17) is 23.2 Å². The number of imidazole rings is 1. The summed E-state index contributed by atoms with van der Waals surface area (Å²) in [5.74, 6) is 0.970. The average Bonchev–Trinajstić information content (AvgIpc) is 2.74. The van der Waals surface area contributed by atoms with Gasteiger partial charge in [-0.3, -0.25) is 0 Å². The summed E-state index contributed by atoms with van der Waals surface area (Å²) in [4.78, 5) is 7.24. The van der Waals surface area contributed by atoms with Gasteiger partial charge < -0.3 is 4.98 Å². The van der Waals surface area contributed by atoms with Gasteiger partial charge in [0.1, 0.15) is 5.82 Å². The third kappa shape index (κ3) is 2.78. The quantitative estimate of drug-likeness (QED) is 0.841. The van der Waals surface area contributed by atoms with Crippen LogP contribution in [0.25, 0.3) is 0 Å². The molecular weight excluding hydrogens is 311 g/mol. The van der Waals surface area contributed by atoms with Crippen molar-refractivity contribution in [1.82, 2.24) is 9.97 Å². The summed E-state index contributed by atoms with van der Waals surface area (Å²) in [7, 11) is 0. The van der Waals surface area contributed by atoms with Gasteiger partial charge in [-0.05, 0) is 24.1 Å². The van der Waals surface area contributed by atoms with Gasteiger partial charge in [-0.25, -0.2) is 4.98 Å². The Balaban J connectivity index is 2.12. The minimum absolute atomic E-state index is 0.565. The van der Waals surface area contributed by atoms with E-state index in [1.54, 1.807) is 6.20 Å². The molecule has 1 aromatic carbocycles. The number of halogens is 3. The molecule has 84 valence electrons. The topological polar surface area (TPSA) is 28.7 Å². The molecule has 0 radical (unpaired) electrons. The Labute approximate surface area is 112 Å². The van der Waals surface area contributed by atoms with E-state index in [9.17, 15) is 0 Å². The molecule has 0 saturated carbocycles. The third-order valence-corrected chi connectivity index (χ3v) is 3.74. The Kier molecular flexibility index (Phi) is 3.90. The second-order valence-corrected chi connectivity index (χ2v) is 5.06. The lowest BCUT2D eigenvalue weighted by atomic mass is 10.1. The van der Waals surface area contributed by atoms with Crippen molar-refractivity contribution in [3.05, 3.63) is 50.4 Å². The third-order valence-electron chi connectivity index (χ3n) is 2.28. The number of rotatable bonds is 3. The number of aromatic amines is 1. The Bertz CT molecular complexity index is 483. The smallest absolute Gasteiger partial charge is 0.106 e. The number of hydrogen-bond donors (Lipinski definition) is 1. The van der Waals surface area contributed by atoms with Crippen LogP contribution >= 0.6 is 39.1 Å². The molecule has 0 fully saturated rings. The zero-order valence-corrected chi connectivity index (χ0v) is 11.4. The second-order valence-electron chi connectivity index (χ2n) is 3.39. The molecule has 1 aromatic heterocycles. The lowest BCUT2D eigenvalue weighted by Crippen LogP contribution is -1.94. The van der Waals surface area contributed by atoms with Crippen molar-refractivity contribution >= 4 is 39.1 Å². The van der Waals surface area contributed by atoms with Gasteiger partial charge in [0, 0.05) is 23.3 Å². The fraction of sp³-hybridized carbons (Fsp3) is 0.182. The van der Waals surface area contributed by atoms with Crippen LogP contribution < -0.4 is 0 Å². The summed E-state index contributed by atoms with van der Waals surface area (Å²) in [6, 6.07) is 3.71. The van der Waals surface area contributed by atoms with Crippen molar-refractivity contribution in [2.75, 3.05) is 0 Å². The van der Waals surface area contributed by atoms with E-state index < -0.39 is 0 Å². The lowest BCUT2D eigenvalue weighted by molar-refractivity contribution is 0.881. The first kappa shape index (κ1) is 12.0. The number of aryl methyl sites for hydroxylation is 2. The highest BCUT2D eigenvalue weighted by Gasteiger charge is 2.06. The SMILES string of the molecule is Clc1cc(Br)c(CCc2ncc[nH]2)cc1Cl. The first-order valence-corrected chi connectivity index (χ1v) is 6.33. The molecule has 0 aliphatic rings. The molecule has 2 nitrogen and oxygen atoms in total. The van der Waals surface area contributed by atoms with E-state index in [1.807, 2.05) is 18.3 Å². The summed E-state index contributed by atoms with van der Waals surface area (Å²) in [5.41, 5.74) is 1.13. The molecule has 0 saturated heterocycles. The molecule has 0 aliphatic carbocycles. The zero-order chi connectivity index (χ0) is 11.5. The van der Waals surface area contributed by atoms with Crippen LogP contribution in [0.1, 0.15) is 11.4 Å². The van der Waals surface area contributed by atoms with Crippen LogP contribution in [0.3, 0.4) is 0 Å². The highest BCUT2D eigenvalue weighted by molar-refractivity contribution is 9.10. The molecule has 5 heteroatoms. The first-order valence-electron chi connectivity index (χ1n) is 4.78. The van der Waals surface area contributed by atoms with Crippen molar-refractivity contribution in [3.8, 4) is 0 Å². The largest absolute Gasteiger partial charge is 0.349 e. The van der Waals surface area contributed by atoms with E-state index in [1.165, 1.54) is 0 Å². The maximum Gasteiger partial charge on any atom is 0.106 e. The van der Waals surface area contributed by atoms with Crippen LogP contribution in [-0.4, -0.2) is 9.97 Å². The normalized spacial score (nSPS) is 10.7. The Morgan fingerprint density at radius 1 is 1.19 bits per heavy atom. The summed E-state index contributed by atoms with van der Waals surface area (Å²) in [5, 5.41) is 1.15. The number of hydrogen-bond acceptors (Lipinski definition) is 1. The van der Waals surface area contributed by atoms with E-state index in [2.05, 4.69) is 25.9 Å². The van der Waals surface area contributed by atoms with E-state index in [0.717, 1.165) is 28.7 Å². The van der Waals surface area contributed by atoms with Gasteiger partial charge in [0.25, 0.3) is 0 Å². The molecule has 16 heavy (non-hydrogen) atoms. The van der Waals surface area contributed by atoms with Crippen LogP contribution in [0.2, 0.25) is 10.0 Å². The second kappa shape index (κ2) is 5.21. The molecule has 1 N–H and O–H groups in total. The molecule has 2 rings (SSSR count). The van der Waals surface area contributed by atoms with E-state index in [-0.39, 0.29) is 0 Å². The summed E-state index contributed by atoms with van der Waals surface area (Å²) >= 11 is 15.3. The predicted molar refractivity (Wildman–Crippen MR) is 70.2 cm³/mol. The minimum Gasteiger partial charge on any atom is -0.349 e. The van der Waals surface area contributed by atoms with Crippen molar-refractivity contribution in [2.45, 2.75) is 12.8 Å². The molecule has 0 atom stereocenters. The van der Waals surface area contributed by atoms with Crippen molar-refractivity contribution in [1.29, 1.82) is 0 Å². The maximum absolute atomic E-state index is 5.97. The zero-order valence-electron chi connectivity index (χ0n) is 8.30. The van der Waals surface area contributed by atoms with Gasteiger partial charge in [-0.15, -0.1) is 0 Å². The molecule has 0 aliphatic heterocycles. The van der Waals surface area contributed by atoms with Crippen LogP contribution in [0.15, 0.2) is 29.0 Å². The van der Waals surface area contributed by atoms with Crippen LogP contribution in [0.5, 0.6) is 0 Å². The fourth-order valence-corrected chi connectivity index (χ4v) is 2.47. The number of nitrogens with zero attached hydrogens (tertiary/aromatic N) is 1. The first-order chi connectivity index (χ1) is 7.66. The Morgan fingerprint density at radius 2 is 1.94 bits per heavy atom. The number of nitrogens with one attached hydrogen (secondary N) is 1. The monoisotopic (exact) mass is 318 g/mol. The van der Waals surface area contributed by atoms with Crippen molar-refractivity contribution in [3.63, 3.8) is 0 Å². The lowest BCUT2D eigenvalue weighted by Gasteiger charge is -2.05. The average molecular weight is 320 g/mol. The van der Waals surface area contributed by atoms with Gasteiger partial charge in [-0.1, -0.05) is 39.1 Å². The summed E-state index contributed by atoms with van der Waals surface area (Å²) in [6.07, 6.45) is 5.28. The number of aromatic nitrogens is 2. The van der Waals surface area contributed by atoms with Crippen LogP contribution in [-0.2, 0) is 12.8 Å². The fourth-order valence-electron chi connectivity index (χ4n) is 1.44. The number of benzene rings is 1. The maximum atomic E-state index is 5.97. The molecule has 0 bridgehead atoms. The Morgan fingerprint density at radius 3 is 2.62 bits per heavy atom. The Hall–Kier alpha value is -0.510. The molecule has 2 aromatic rings. The highest BCUT2D eigenvalue weighted by Crippen LogP contribution is 2.29. The molecule has 0 unspecified atom stereocenters. The van der Waals surface area contributed by atoms with Gasteiger partial charge in [0.15, 0.2) is 0 Å². The van der Waals surface area contributed by atoms with Crippen molar-refractivity contribution < 1.29 is 0 Å². The van der Waals surface area contributed by atoms with Gasteiger partial charge in [-0.2, -0.15) is 0 Å². The van der Waals surface area contributed by atoms with E-state index in [0.29, 0.717) is 10.0 Å². The van der Waals surface area contributed by atoms with Gasteiger partial charge >= 0.3 is 0 Å².